The van der Waals surface area contributed by atoms with E-state index in [-0.39, 0.29) is 0 Å². The molecule has 0 aromatic carbocycles. The van der Waals surface area contributed by atoms with Crippen LogP contribution in [0.2, 0.25) is 0 Å². The lowest BCUT2D eigenvalue weighted by Crippen LogP contribution is -2.13. The molecule has 1 unspecified atom stereocenters. The van der Waals surface area contributed by atoms with Crippen molar-refractivity contribution in [3.05, 3.63) is 84.3 Å². The summed E-state index contributed by atoms with van der Waals surface area (Å²) in [6.07, 6.45) is 20.9. The summed E-state index contributed by atoms with van der Waals surface area (Å²) in [6.45, 7) is 11.6. The van der Waals surface area contributed by atoms with Crippen molar-refractivity contribution in [1.82, 2.24) is 4.98 Å². The van der Waals surface area contributed by atoms with E-state index in [1.165, 1.54) is 29.6 Å². The van der Waals surface area contributed by atoms with E-state index in [0.717, 1.165) is 25.0 Å². The maximum Gasteiger partial charge on any atom is 0.0670 e. The third-order valence-corrected chi connectivity index (χ3v) is 4.44. The van der Waals surface area contributed by atoms with Crippen molar-refractivity contribution >= 4 is 5.57 Å². The second-order valence-corrected chi connectivity index (χ2v) is 6.15. The van der Waals surface area contributed by atoms with Gasteiger partial charge in [0.1, 0.15) is 0 Å². The first-order chi connectivity index (χ1) is 12.8. The highest BCUT2D eigenvalue weighted by atomic mass is 14.7. The third kappa shape index (κ3) is 6.29. The van der Waals surface area contributed by atoms with E-state index < -0.39 is 0 Å². The predicted molar refractivity (Wildman–Crippen MR) is 117 cm³/mol. The molecule has 1 aromatic rings. The van der Waals surface area contributed by atoms with Crippen molar-refractivity contribution in [2.75, 3.05) is 0 Å². The van der Waals surface area contributed by atoms with Gasteiger partial charge in [-0.3, -0.25) is 4.98 Å². The minimum atomic E-state index is 0.558. The Kier molecular flexibility index (Phi) is 11.0. The van der Waals surface area contributed by atoms with Gasteiger partial charge in [0.2, 0.25) is 0 Å². The van der Waals surface area contributed by atoms with Crippen LogP contribution in [-0.2, 0) is 0 Å². The van der Waals surface area contributed by atoms with Gasteiger partial charge in [0.25, 0.3) is 0 Å². The molecule has 1 atom stereocenters. The van der Waals surface area contributed by atoms with Gasteiger partial charge < -0.3 is 0 Å². The first-order valence-electron chi connectivity index (χ1n) is 10.0. The van der Waals surface area contributed by atoms with Crippen LogP contribution in [0.3, 0.4) is 0 Å². The molecule has 0 N–H and O–H groups in total. The summed E-state index contributed by atoms with van der Waals surface area (Å²) in [6, 6.07) is 6.23. The lowest BCUT2D eigenvalue weighted by atomic mass is 9.76. The Morgan fingerprint density at radius 2 is 2.04 bits per heavy atom. The molecule has 0 radical (unpaired) electrons. The fraction of sp³-hybridized carbons (Fsp3) is 0.400. The Balaban J connectivity index is 0.000000500. The zero-order valence-corrected chi connectivity index (χ0v) is 17.0. The molecule has 0 bridgehead atoms. The lowest BCUT2D eigenvalue weighted by molar-refractivity contribution is 0.671. The normalized spacial score (nSPS) is 18.2. The number of allylic oxidation sites excluding steroid dienone is 9. The maximum atomic E-state index is 4.61. The van der Waals surface area contributed by atoms with Gasteiger partial charge in [-0.25, -0.2) is 0 Å². The molecule has 0 amide bonds. The molecule has 0 aliphatic heterocycles. The van der Waals surface area contributed by atoms with Crippen LogP contribution >= 0.6 is 0 Å². The highest BCUT2D eigenvalue weighted by Gasteiger charge is 2.25. The highest BCUT2D eigenvalue weighted by molar-refractivity contribution is 5.77. The average molecular weight is 350 g/mol. The first-order valence-corrected chi connectivity index (χ1v) is 10.0. The number of rotatable bonds is 4. The number of hydrogen-bond acceptors (Lipinski definition) is 1. The summed E-state index contributed by atoms with van der Waals surface area (Å²) in [5.74, 6) is 0.558. The third-order valence-electron chi connectivity index (χ3n) is 4.44. The monoisotopic (exact) mass is 349 g/mol. The van der Waals surface area contributed by atoms with Crippen molar-refractivity contribution in [3.8, 4) is 0 Å². The standard InChI is InChI=1S/C19H21N.C4H8.C2H6/c1-2-3-8-16-13-12-15-9-4-5-10-17(15)19(16)18-11-6-7-14-20-18;1-3-4-2;1-2/h2-3,5-7,10-12,14,16H,4,8-9,13H2,1H3;3H,1,4H2,2H3;1-2H3. The second kappa shape index (κ2) is 13.1. The molecule has 2 aliphatic carbocycles. The molecule has 1 heterocycles. The Bertz CT molecular complexity index is 644. The Hall–Kier alpha value is -2.15. The van der Waals surface area contributed by atoms with Crippen molar-refractivity contribution in [2.24, 2.45) is 5.92 Å². The van der Waals surface area contributed by atoms with E-state index in [9.17, 15) is 0 Å². The van der Waals surface area contributed by atoms with E-state index >= 15 is 0 Å². The number of fused-ring (bicyclic) bond motifs is 1. The average Bonchev–Trinajstić information content (AvgIpc) is 2.74. The summed E-state index contributed by atoms with van der Waals surface area (Å²) in [5, 5.41) is 0. The molecule has 0 saturated heterocycles. The number of pyridine rings is 1. The van der Waals surface area contributed by atoms with Crippen LogP contribution in [0.4, 0.5) is 0 Å². The summed E-state index contributed by atoms with van der Waals surface area (Å²) in [4.78, 5) is 4.61. The van der Waals surface area contributed by atoms with Crippen LogP contribution in [-0.4, -0.2) is 4.98 Å². The zero-order valence-electron chi connectivity index (χ0n) is 17.0. The van der Waals surface area contributed by atoms with Crippen LogP contribution in [0.1, 0.15) is 65.5 Å². The first kappa shape index (κ1) is 21.9. The summed E-state index contributed by atoms with van der Waals surface area (Å²) in [5.41, 5.74) is 5.53. The van der Waals surface area contributed by atoms with Gasteiger partial charge in [-0.05, 0) is 73.8 Å². The van der Waals surface area contributed by atoms with Gasteiger partial charge in [0, 0.05) is 6.20 Å². The zero-order chi connectivity index (χ0) is 19.2. The molecule has 1 heteroatoms. The molecule has 0 saturated carbocycles. The number of hydrogen-bond donors (Lipinski definition) is 0. The van der Waals surface area contributed by atoms with Crippen molar-refractivity contribution < 1.29 is 0 Å². The molecule has 2 aliphatic rings. The van der Waals surface area contributed by atoms with Gasteiger partial charge in [-0.2, -0.15) is 0 Å². The molecular formula is C25H35N. The summed E-state index contributed by atoms with van der Waals surface area (Å²) >= 11 is 0. The topological polar surface area (TPSA) is 12.9 Å². The Morgan fingerprint density at radius 3 is 2.65 bits per heavy atom. The number of nitrogens with zero attached hydrogens (tertiary/aromatic N) is 1. The van der Waals surface area contributed by atoms with E-state index in [1.54, 1.807) is 0 Å². The van der Waals surface area contributed by atoms with Gasteiger partial charge >= 0.3 is 0 Å². The summed E-state index contributed by atoms with van der Waals surface area (Å²) in [7, 11) is 0. The van der Waals surface area contributed by atoms with E-state index in [4.69, 9.17) is 0 Å². The van der Waals surface area contributed by atoms with Gasteiger partial charge in [-0.15, -0.1) is 6.58 Å². The predicted octanol–water partition coefficient (Wildman–Crippen LogP) is 7.71. The molecule has 140 valence electrons. The van der Waals surface area contributed by atoms with Crippen LogP contribution in [0.25, 0.3) is 5.57 Å². The minimum Gasteiger partial charge on any atom is -0.257 e. The Morgan fingerprint density at radius 1 is 1.27 bits per heavy atom. The number of aromatic nitrogens is 1. The SMILES string of the molecule is C=CCC.CC.CC=CCC1CC=C2CCC=CC2=C1c1ccccn1. The van der Waals surface area contributed by atoms with Gasteiger partial charge in [-0.1, -0.05) is 63.3 Å². The summed E-state index contributed by atoms with van der Waals surface area (Å²) < 4.78 is 0. The van der Waals surface area contributed by atoms with Crippen LogP contribution < -0.4 is 0 Å². The Labute approximate surface area is 161 Å². The fourth-order valence-electron chi connectivity index (χ4n) is 3.16. The molecule has 0 fully saturated rings. The fourth-order valence-corrected chi connectivity index (χ4v) is 3.16. The van der Waals surface area contributed by atoms with Crippen LogP contribution in [0.5, 0.6) is 0 Å². The van der Waals surface area contributed by atoms with Gasteiger partial charge in [0.05, 0.1) is 5.69 Å². The largest absolute Gasteiger partial charge is 0.257 e. The lowest BCUT2D eigenvalue weighted by Gasteiger charge is -2.28. The second-order valence-electron chi connectivity index (χ2n) is 6.15. The quantitative estimate of drug-likeness (QED) is 0.507. The highest BCUT2D eigenvalue weighted by Crippen LogP contribution is 2.41. The molecule has 26 heavy (non-hydrogen) atoms. The van der Waals surface area contributed by atoms with Crippen LogP contribution in [0, 0.1) is 5.92 Å². The maximum absolute atomic E-state index is 4.61. The van der Waals surface area contributed by atoms with Crippen molar-refractivity contribution in [3.63, 3.8) is 0 Å². The molecule has 1 nitrogen and oxygen atoms in total. The van der Waals surface area contributed by atoms with E-state index in [1.807, 2.05) is 32.2 Å². The minimum absolute atomic E-state index is 0.558. The van der Waals surface area contributed by atoms with E-state index in [2.05, 4.69) is 67.9 Å². The smallest absolute Gasteiger partial charge is 0.0670 e. The molecular weight excluding hydrogens is 314 g/mol. The molecule has 3 rings (SSSR count). The van der Waals surface area contributed by atoms with Crippen LogP contribution in [0.15, 0.2) is 78.6 Å². The van der Waals surface area contributed by atoms with E-state index in [0.29, 0.717) is 5.92 Å². The van der Waals surface area contributed by atoms with Crippen molar-refractivity contribution in [2.45, 2.75) is 59.8 Å². The van der Waals surface area contributed by atoms with Gasteiger partial charge in [0.15, 0.2) is 0 Å². The molecule has 1 aromatic heterocycles. The van der Waals surface area contributed by atoms with Crippen molar-refractivity contribution in [1.29, 1.82) is 0 Å². The molecule has 0 spiro atoms.